The Hall–Kier alpha value is -0.570. The first-order valence-electron chi connectivity index (χ1n) is 2.62. The van der Waals surface area contributed by atoms with Crippen LogP contribution >= 0.6 is 0 Å². The molecule has 0 spiro atoms. The van der Waals surface area contributed by atoms with Gasteiger partial charge >= 0.3 is 0 Å². The van der Waals surface area contributed by atoms with Gasteiger partial charge in [0, 0.05) is 5.71 Å². The largest absolute Gasteiger partial charge is 0.394 e. The molecule has 8 heavy (non-hydrogen) atoms. The van der Waals surface area contributed by atoms with Crippen molar-refractivity contribution in [1.29, 1.82) is 0 Å². The average Bonchev–Trinajstić information content (AvgIpc) is 1.66. The Kier molecular flexibility index (Phi) is 4.26. The third kappa shape index (κ3) is 5.43. The lowest BCUT2D eigenvalue weighted by Gasteiger charge is -1.94. The molecule has 0 atom stereocenters. The van der Waals surface area contributed by atoms with Crippen LogP contribution in [0.1, 0.15) is 13.8 Å². The lowest BCUT2D eigenvalue weighted by atomic mass is 10.5. The maximum absolute atomic E-state index is 8.25. The quantitative estimate of drug-likeness (QED) is 0.309. The minimum Gasteiger partial charge on any atom is -0.394 e. The summed E-state index contributed by atoms with van der Waals surface area (Å²) in [7, 11) is 0. The molecule has 0 saturated heterocycles. The van der Waals surface area contributed by atoms with E-state index in [1.165, 1.54) is 0 Å². The van der Waals surface area contributed by atoms with E-state index >= 15 is 0 Å². The molecule has 0 heterocycles. The fourth-order valence-corrected chi connectivity index (χ4v) is 0.264. The zero-order valence-corrected chi connectivity index (χ0v) is 5.31. The van der Waals surface area contributed by atoms with Gasteiger partial charge < -0.3 is 10.5 Å². The van der Waals surface area contributed by atoms with Gasteiger partial charge in [-0.05, 0) is 13.8 Å². The van der Waals surface area contributed by atoms with Gasteiger partial charge in [0.05, 0.1) is 13.2 Å². The van der Waals surface area contributed by atoms with Crippen LogP contribution in [0, 0.1) is 0 Å². The van der Waals surface area contributed by atoms with Crippen LogP contribution in [0.3, 0.4) is 0 Å². The zero-order chi connectivity index (χ0) is 6.41. The molecule has 0 aromatic rings. The van der Waals surface area contributed by atoms with Crippen molar-refractivity contribution in [2.24, 2.45) is 5.10 Å². The van der Waals surface area contributed by atoms with Crippen molar-refractivity contribution in [2.75, 3.05) is 13.2 Å². The topological polar surface area (TPSA) is 44.6 Å². The number of aliphatic hydroxyl groups excluding tert-OH is 1. The number of nitrogens with zero attached hydrogens (tertiary/aromatic N) is 1. The van der Waals surface area contributed by atoms with E-state index in [-0.39, 0.29) is 6.61 Å². The normalized spacial score (nSPS) is 8.38. The summed E-state index contributed by atoms with van der Waals surface area (Å²) in [5, 5.41) is 12.1. The zero-order valence-electron chi connectivity index (χ0n) is 5.31. The number of hydrogen-bond acceptors (Lipinski definition) is 3. The van der Waals surface area contributed by atoms with Crippen LogP contribution in [0.25, 0.3) is 0 Å². The summed E-state index contributed by atoms with van der Waals surface area (Å²) in [4.78, 5) is 0. The Morgan fingerprint density at radius 2 is 2.25 bits per heavy atom. The predicted molar refractivity (Wildman–Crippen MR) is 33.9 cm³/mol. The number of hydrogen-bond donors (Lipinski definition) is 2. The highest BCUT2D eigenvalue weighted by Gasteiger charge is 1.75. The van der Waals surface area contributed by atoms with E-state index in [0.29, 0.717) is 6.54 Å². The molecule has 0 radical (unpaired) electrons. The van der Waals surface area contributed by atoms with Crippen molar-refractivity contribution in [3.63, 3.8) is 0 Å². The molecule has 0 saturated carbocycles. The Bertz CT molecular complexity index is 76.5. The first-order chi connectivity index (χ1) is 3.77. The first kappa shape index (κ1) is 7.43. The second kappa shape index (κ2) is 4.59. The van der Waals surface area contributed by atoms with Crippen LogP contribution in [0.2, 0.25) is 0 Å². The summed E-state index contributed by atoms with van der Waals surface area (Å²) >= 11 is 0. The molecule has 0 rings (SSSR count). The van der Waals surface area contributed by atoms with Crippen LogP contribution in [-0.2, 0) is 0 Å². The summed E-state index contributed by atoms with van der Waals surface area (Å²) in [5.74, 6) is 0. The van der Waals surface area contributed by atoms with E-state index in [0.717, 1.165) is 5.71 Å². The summed E-state index contributed by atoms with van der Waals surface area (Å²) in [6.07, 6.45) is 0. The van der Waals surface area contributed by atoms with Gasteiger partial charge in [-0.15, -0.1) is 0 Å². The highest BCUT2D eigenvalue weighted by molar-refractivity contribution is 5.78. The van der Waals surface area contributed by atoms with Crippen LogP contribution in [-0.4, -0.2) is 24.0 Å². The minimum absolute atomic E-state index is 0.136. The minimum atomic E-state index is 0.136. The number of nitrogens with one attached hydrogen (secondary N) is 1. The molecule has 0 aromatic heterocycles. The lowest BCUT2D eigenvalue weighted by Crippen LogP contribution is -2.12. The second-order valence-electron chi connectivity index (χ2n) is 1.69. The monoisotopic (exact) mass is 116 g/mol. The molecule has 0 aliphatic rings. The van der Waals surface area contributed by atoms with Gasteiger partial charge in [-0.25, -0.2) is 0 Å². The summed E-state index contributed by atoms with van der Waals surface area (Å²) in [5.41, 5.74) is 3.64. The molecule has 0 bridgehead atoms. The second-order valence-corrected chi connectivity index (χ2v) is 1.69. The van der Waals surface area contributed by atoms with Gasteiger partial charge in [-0.3, -0.25) is 0 Å². The molecule has 0 fully saturated rings. The lowest BCUT2D eigenvalue weighted by molar-refractivity contribution is 0.293. The smallest absolute Gasteiger partial charge is 0.0620 e. The van der Waals surface area contributed by atoms with E-state index in [2.05, 4.69) is 10.5 Å². The maximum Gasteiger partial charge on any atom is 0.0620 e. The SMILES string of the molecule is CC(C)=NNCCO. The van der Waals surface area contributed by atoms with Crippen molar-refractivity contribution in [3.8, 4) is 0 Å². The van der Waals surface area contributed by atoms with E-state index in [9.17, 15) is 0 Å². The molecule has 0 aromatic carbocycles. The van der Waals surface area contributed by atoms with Gasteiger partial charge in [-0.2, -0.15) is 5.10 Å². The van der Waals surface area contributed by atoms with E-state index in [1.807, 2.05) is 13.8 Å². The molecule has 3 nitrogen and oxygen atoms in total. The molecule has 0 amide bonds. The highest BCUT2D eigenvalue weighted by Crippen LogP contribution is 1.67. The Morgan fingerprint density at radius 1 is 1.62 bits per heavy atom. The third-order valence-electron chi connectivity index (χ3n) is 0.526. The van der Waals surface area contributed by atoms with Crippen LogP contribution < -0.4 is 5.43 Å². The van der Waals surface area contributed by atoms with Crippen LogP contribution in [0.15, 0.2) is 5.10 Å². The first-order valence-corrected chi connectivity index (χ1v) is 2.62. The predicted octanol–water partition coefficient (Wildman–Crippen LogP) is -0.0359. The Morgan fingerprint density at radius 3 is 2.62 bits per heavy atom. The molecule has 3 heteroatoms. The fourth-order valence-electron chi connectivity index (χ4n) is 0.264. The standard InChI is InChI=1S/C5H12N2O/c1-5(2)7-6-3-4-8/h6,8H,3-4H2,1-2H3. The average molecular weight is 116 g/mol. The van der Waals surface area contributed by atoms with Crippen molar-refractivity contribution in [1.82, 2.24) is 5.43 Å². The van der Waals surface area contributed by atoms with Crippen LogP contribution in [0.4, 0.5) is 0 Å². The van der Waals surface area contributed by atoms with Crippen molar-refractivity contribution in [2.45, 2.75) is 13.8 Å². The highest BCUT2D eigenvalue weighted by atomic mass is 16.3. The molecule has 0 aliphatic heterocycles. The van der Waals surface area contributed by atoms with Crippen molar-refractivity contribution >= 4 is 5.71 Å². The molecule has 0 unspecified atom stereocenters. The van der Waals surface area contributed by atoms with Gasteiger partial charge in [0.2, 0.25) is 0 Å². The summed E-state index contributed by atoms with van der Waals surface area (Å²) in [6, 6.07) is 0. The fraction of sp³-hybridized carbons (Fsp3) is 0.800. The molecular weight excluding hydrogens is 104 g/mol. The Balaban J connectivity index is 3.03. The third-order valence-corrected chi connectivity index (χ3v) is 0.526. The van der Waals surface area contributed by atoms with Crippen molar-refractivity contribution < 1.29 is 5.11 Å². The van der Waals surface area contributed by atoms with E-state index in [4.69, 9.17) is 5.11 Å². The number of rotatable bonds is 3. The number of hydrazone groups is 1. The summed E-state index contributed by atoms with van der Waals surface area (Å²) < 4.78 is 0. The van der Waals surface area contributed by atoms with Crippen LogP contribution in [0.5, 0.6) is 0 Å². The van der Waals surface area contributed by atoms with Gasteiger partial charge in [0.15, 0.2) is 0 Å². The molecular formula is C5H12N2O. The van der Waals surface area contributed by atoms with Gasteiger partial charge in [-0.1, -0.05) is 0 Å². The number of aliphatic hydroxyl groups is 1. The Labute approximate surface area is 49.4 Å². The maximum atomic E-state index is 8.25. The molecule has 48 valence electrons. The van der Waals surface area contributed by atoms with E-state index in [1.54, 1.807) is 0 Å². The van der Waals surface area contributed by atoms with Crippen molar-refractivity contribution in [3.05, 3.63) is 0 Å². The molecule has 0 aliphatic carbocycles. The van der Waals surface area contributed by atoms with E-state index < -0.39 is 0 Å². The summed E-state index contributed by atoms with van der Waals surface area (Å²) in [6.45, 7) is 4.46. The van der Waals surface area contributed by atoms with Gasteiger partial charge in [0.1, 0.15) is 0 Å². The molecule has 2 N–H and O–H groups in total. The van der Waals surface area contributed by atoms with Gasteiger partial charge in [0.25, 0.3) is 0 Å².